The zero-order chi connectivity index (χ0) is 18.9. The first-order valence-corrected chi connectivity index (χ1v) is 10.2. The summed E-state index contributed by atoms with van der Waals surface area (Å²) in [5, 5.41) is 9.17. The first kappa shape index (κ1) is 22.3. The van der Waals surface area contributed by atoms with Crippen LogP contribution in [0.25, 0.3) is 11.0 Å². The molecule has 0 radical (unpaired) electrons. The van der Waals surface area contributed by atoms with Crippen LogP contribution in [-0.4, -0.2) is 51.8 Å². The van der Waals surface area contributed by atoms with Gasteiger partial charge in [-0.25, -0.2) is 9.67 Å². The maximum atomic E-state index is 13.5. The highest BCUT2D eigenvalue weighted by Crippen LogP contribution is 2.41. The van der Waals surface area contributed by atoms with Crippen molar-refractivity contribution >= 4 is 41.8 Å². The fourth-order valence-corrected chi connectivity index (χ4v) is 4.72. The molecule has 3 fully saturated rings. The van der Waals surface area contributed by atoms with E-state index in [4.69, 9.17) is 10.1 Å². The zero-order valence-electron chi connectivity index (χ0n) is 17.6. The smallest absolute Gasteiger partial charge is 0.254 e. The van der Waals surface area contributed by atoms with Gasteiger partial charge in [0.1, 0.15) is 0 Å². The first-order valence-electron chi connectivity index (χ1n) is 10.2. The molecule has 29 heavy (non-hydrogen) atoms. The molecule has 3 aliphatic rings. The summed E-state index contributed by atoms with van der Waals surface area (Å²) in [4.78, 5) is 20.6. The Hall–Kier alpha value is -1.37. The second kappa shape index (κ2) is 7.71. The van der Waals surface area contributed by atoms with E-state index in [0.29, 0.717) is 17.8 Å². The average Bonchev–Trinajstić information content (AvgIpc) is 3.08. The van der Waals surface area contributed by atoms with Gasteiger partial charge in [-0.15, -0.1) is 24.8 Å². The van der Waals surface area contributed by atoms with Gasteiger partial charge in [-0.3, -0.25) is 4.79 Å². The van der Waals surface area contributed by atoms with E-state index in [1.54, 1.807) is 0 Å². The van der Waals surface area contributed by atoms with Crippen molar-refractivity contribution < 1.29 is 4.79 Å². The lowest BCUT2D eigenvalue weighted by molar-refractivity contribution is 0.0783. The van der Waals surface area contributed by atoms with Gasteiger partial charge in [-0.1, -0.05) is 0 Å². The van der Waals surface area contributed by atoms with E-state index in [0.717, 1.165) is 54.2 Å². The highest BCUT2D eigenvalue weighted by atomic mass is 35.5. The number of pyridine rings is 1. The van der Waals surface area contributed by atoms with Crippen molar-refractivity contribution in [1.82, 2.24) is 25.0 Å². The van der Waals surface area contributed by atoms with Crippen LogP contribution in [0.3, 0.4) is 0 Å². The summed E-state index contributed by atoms with van der Waals surface area (Å²) < 4.78 is 2.00. The Morgan fingerprint density at radius 3 is 2.31 bits per heavy atom. The number of nitrogens with one attached hydrogen (secondary N) is 1. The lowest BCUT2D eigenvalue weighted by Crippen LogP contribution is -2.32. The molecule has 160 valence electrons. The SMILES string of the molecule is Cc1nn(C(C)(C)C)c2nc(C3CC3)cc(C(=O)N3C[C@H]4CNC[C@H]4C3)c12.Cl.Cl. The molecule has 1 saturated carbocycles. The number of likely N-dealkylation sites (tertiary alicyclic amines) is 1. The Kier molecular flexibility index (Phi) is 5.93. The van der Waals surface area contributed by atoms with Crippen molar-refractivity contribution in [3.05, 3.63) is 23.0 Å². The fraction of sp³-hybridized carbons (Fsp3) is 0.667. The molecular formula is C21H31Cl2N5O. The number of carbonyl (C=O) groups is 1. The molecule has 4 heterocycles. The third-order valence-corrected chi connectivity index (χ3v) is 6.37. The van der Waals surface area contributed by atoms with Gasteiger partial charge in [0.25, 0.3) is 5.91 Å². The minimum absolute atomic E-state index is 0. The van der Waals surface area contributed by atoms with E-state index in [9.17, 15) is 4.79 Å². The van der Waals surface area contributed by atoms with Crippen LogP contribution >= 0.6 is 24.8 Å². The standard InChI is InChI=1S/C21H29N5O.2ClH/c1-12-18-16(20(27)25-10-14-8-22-9-15(14)11-25)7-17(13-5-6-13)23-19(18)26(24-12)21(2,3)4;;/h7,13-15,22H,5-6,8-11H2,1-4H3;2*1H/t14-,15+;;. The van der Waals surface area contributed by atoms with E-state index >= 15 is 0 Å². The van der Waals surface area contributed by atoms with Crippen molar-refractivity contribution in [1.29, 1.82) is 0 Å². The van der Waals surface area contributed by atoms with Crippen LogP contribution in [0.2, 0.25) is 0 Å². The predicted octanol–water partition coefficient (Wildman–Crippen LogP) is 3.51. The Labute approximate surface area is 184 Å². The molecule has 0 unspecified atom stereocenters. The monoisotopic (exact) mass is 439 g/mol. The molecule has 0 bridgehead atoms. The summed E-state index contributed by atoms with van der Waals surface area (Å²) in [6.07, 6.45) is 2.35. The second-order valence-electron chi connectivity index (χ2n) is 9.62. The van der Waals surface area contributed by atoms with Crippen molar-refractivity contribution in [2.75, 3.05) is 26.2 Å². The van der Waals surface area contributed by atoms with Crippen LogP contribution in [0.15, 0.2) is 6.07 Å². The molecule has 8 heteroatoms. The van der Waals surface area contributed by atoms with E-state index in [1.165, 1.54) is 12.8 Å². The minimum atomic E-state index is -0.168. The molecule has 1 N–H and O–H groups in total. The summed E-state index contributed by atoms with van der Waals surface area (Å²) in [5.41, 5.74) is 3.48. The molecule has 0 aromatic carbocycles. The highest BCUT2D eigenvalue weighted by Gasteiger charge is 2.39. The second-order valence-corrected chi connectivity index (χ2v) is 9.62. The summed E-state index contributed by atoms with van der Waals surface area (Å²) in [6, 6.07) is 2.07. The lowest BCUT2D eigenvalue weighted by atomic mass is 10.0. The van der Waals surface area contributed by atoms with Crippen molar-refractivity contribution in [3.8, 4) is 0 Å². The maximum Gasteiger partial charge on any atom is 0.254 e. The molecule has 2 saturated heterocycles. The van der Waals surface area contributed by atoms with Crippen molar-refractivity contribution in [3.63, 3.8) is 0 Å². The normalized spacial score (nSPS) is 23.7. The maximum absolute atomic E-state index is 13.5. The van der Waals surface area contributed by atoms with Gasteiger partial charge in [0.15, 0.2) is 5.65 Å². The predicted molar refractivity (Wildman–Crippen MR) is 119 cm³/mol. The van der Waals surface area contributed by atoms with Crippen LogP contribution in [0.5, 0.6) is 0 Å². The van der Waals surface area contributed by atoms with Gasteiger partial charge in [0, 0.05) is 37.8 Å². The Morgan fingerprint density at radius 2 is 1.76 bits per heavy atom. The zero-order valence-corrected chi connectivity index (χ0v) is 19.2. The molecule has 2 aliphatic heterocycles. The molecule has 6 nitrogen and oxygen atoms in total. The fourth-order valence-electron chi connectivity index (χ4n) is 4.72. The molecule has 1 aliphatic carbocycles. The summed E-state index contributed by atoms with van der Waals surface area (Å²) in [6.45, 7) is 12.2. The first-order chi connectivity index (χ1) is 12.8. The number of hydrogen-bond donors (Lipinski definition) is 1. The third-order valence-electron chi connectivity index (χ3n) is 6.37. The van der Waals surface area contributed by atoms with E-state index in [-0.39, 0.29) is 36.3 Å². The van der Waals surface area contributed by atoms with Crippen LogP contribution < -0.4 is 5.32 Å². The number of hydrogen-bond acceptors (Lipinski definition) is 4. The number of fused-ring (bicyclic) bond motifs is 2. The number of halogens is 2. The van der Waals surface area contributed by atoms with Gasteiger partial charge in [0.2, 0.25) is 0 Å². The molecule has 0 spiro atoms. The van der Waals surface area contributed by atoms with Gasteiger partial charge in [0.05, 0.1) is 22.2 Å². The number of nitrogens with zero attached hydrogens (tertiary/aromatic N) is 4. The Bertz CT molecular complexity index is 919. The van der Waals surface area contributed by atoms with Gasteiger partial charge in [-0.05, 0) is 58.4 Å². The molecule has 5 rings (SSSR count). The quantitative estimate of drug-likeness (QED) is 0.777. The van der Waals surface area contributed by atoms with Crippen LogP contribution in [0.1, 0.15) is 61.3 Å². The highest BCUT2D eigenvalue weighted by molar-refractivity contribution is 6.06. The van der Waals surface area contributed by atoms with Crippen LogP contribution in [0.4, 0.5) is 0 Å². The molecule has 2 aromatic rings. The van der Waals surface area contributed by atoms with Crippen LogP contribution in [0, 0.1) is 18.8 Å². The number of rotatable bonds is 2. The Morgan fingerprint density at radius 1 is 1.14 bits per heavy atom. The largest absolute Gasteiger partial charge is 0.338 e. The van der Waals surface area contributed by atoms with Gasteiger partial charge in [-0.2, -0.15) is 5.10 Å². The number of aryl methyl sites for hydroxylation is 1. The van der Waals surface area contributed by atoms with Gasteiger partial charge >= 0.3 is 0 Å². The number of carbonyl (C=O) groups excluding carboxylic acids is 1. The molecular weight excluding hydrogens is 409 g/mol. The molecule has 1 amide bonds. The van der Waals surface area contributed by atoms with E-state index in [1.807, 2.05) is 11.6 Å². The van der Waals surface area contributed by atoms with Gasteiger partial charge < -0.3 is 10.2 Å². The number of aromatic nitrogens is 3. The van der Waals surface area contributed by atoms with Crippen LogP contribution in [-0.2, 0) is 5.54 Å². The van der Waals surface area contributed by atoms with Crippen molar-refractivity contribution in [2.24, 2.45) is 11.8 Å². The topological polar surface area (TPSA) is 63.1 Å². The summed E-state index contributed by atoms with van der Waals surface area (Å²) in [5.74, 6) is 1.88. The summed E-state index contributed by atoms with van der Waals surface area (Å²) in [7, 11) is 0. The van der Waals surface area contributed by atoms with E-state index in [2.05, 4.69) is 37.1 Å². The van der Waals surface area contributed by atoms with E-state index < -0.39 is 0 Å². The van der Waals surface area contributed by atoms with Crippen molar-refractivity contribution in [2.45, 2.75) is 52.0 Å². The molecule has 2 atom stereocenters. The third kappa shape index (κ3) is 3.75. The minimum Gasteiger partial charge on any atom is -0.338 e. The average molecular weight is 440 g/mol. The number of amides is 1. The Balaban J connectivity index is 0.00000120. The lowest BCUT2D eigenvalue weighted by Gasteiger charge is -2.21. The summed E-state index contributed by atoms with van der Waals surface area (Å²) >= 11 is 0. The molecule has 2 aromatic heterocycles.